The second kappa shape index (κ2) is 13.1. The minimum Gasteiger partial charge on any atom is -0.494 e. The van der Waals surface area contributed by atoms with E-state index in [-0.39, 0.29) is 45.2 Å². The number of carbonyl (C=O) groups is 3. The van der Waals surface area contributed by atoms with Crippen molar-refractivity contribution in [3.63, 3.8) is 0 Å². The summed E-state index contributed by atoms with van der Waals surface area (Å²) in [5, 5.41) is 2.81. The van der Waals surface area contributed by atoms with E-state index < -0.39 is 17.5 Å². The minimum absolute atomic E-state index is 0.0534. The highest BCUT2D eigenvalue weighted by atomic mass is 35.5. The fourth-order valence-electron chi connectivity index (χ4n) is 4.62. The summed E-state index contributed by atoms with van der Waals surface area (Å²) < 4.78 is 34.9. The van der Waals surface area contributed by atoms with Crippen molar-refractivity contribution in [3.05, 3.63) is 64.6 Å². The highest BCUT2D eigenvalue weighted by molar-refractivity contribution is 6.34. The van der Waals surface area contributed by atoms with Crippen LogP contribution in [-0.4, -0.2) is 76.9 Å². The third kappa shape index (κ3) is 6.49. The molecule has 13 heteroatoms. The second-order valence-corrected chi connectivity index (χ2v) is 9.94. The van der Waals surface area contributed by atoms with Crippen LogP contribution in [0.1, 0.15) is 40.2 Å². The van der Waals surface area contributed by atoms with Crippen LogP contribution in [0.5, 0.6) is 5.75 Å². The van der Waals surface area contributed by atoms with Crippen LogP contribution in [0.25, 0.3) is 11.3 Å². The molecule has 0 spiro atoms. The second-order valence-electron chi connectivity index (χ2n) is 9.54. The lowest BCUT2D eigenvalue weighted by atomic mass is 10.1. The lowest BCUT2D eigenvalue weighted by molar-refractivity contribution is -0.132. The first-order valence-electron chi connectivity index (χ1n) is 13.1. The average molecular weight is 589 g/mol. The maximum absolute atomic E-state index is 14.6. The molecule has 3 amide bonds. The molecule has 1 aliphatic rings. The lowest BCUT2D eigenvalue weighted by Gasteiger charge is -2.35. The van der Waals surface area contributed by atoms with Crippen LogP contribution in [0.15, 0.2) is 36.5 Å². The zero-order chi connectivity index (χ0) is 29.7. The molecule has 0 bridgehead atoms. The van der Waals surface area contributed by atoms with Gasteiger partial charge in [0.1, 0.15) is 0 Å². The highest BCUT2D eigenvalue weighted by Gasteiger charge is 2.26. The number of benzene rings is 2. The van der Waals surface area contributed by atoms with Gasteiger partial charge in [0.15, 0.2) is 17.4 Å². The number of ether oxygens (including phenoxy) is 1. The molecule has 1 saturated heterocycles. The van der Waals surface area contributed by atoms with Gasteiger partial charge in [0.2, 0.25) is 11.7 Å². The smallest absolute Gasteiger partial charge is 0.291 e. The van der Waals surface area contributed by atoms with E-state index in [4.69, 9.17) is 22.1 Å². The molecule has 2 aromatic carbocycles. The van der Waals surface area contributed by atoms with Crippen molar-refractivity contribution in [1.82, 2.24) is 19.4 Å². The number of nitrogens with one attached hydrogen (secondary N) is 1. The first-order valence-corrected chi connectivity index (χ1v) is 13.5. The molecule has 0 unspecified atom stereocenters. The molecule has 3 N–H and O–H groups in total. The Morgan fingerprint density at radius 3 is 2.41 bits per heavy atom. The summed E-state index contributed by atoms with van der Waals surface area (Å²) in [4.78, 5) is 45.8. The van der Waals surface area contributed by atoms with Crippen molar-refractivity contribution in [3.8, 4) is 17.0 Å². The van der Waals surface area contributed by atoms with E-state index in [9.17, 15) is 23.2 Å². The molecule has 0 radical (unpaired) electrons. The Labute approximate surface area is 241 Å². The molecule has 41 heavy (non-hydrogen) atoms. The Bertz CT molecular complexity index is 1460. The molecule has 1 aliphatic heterocycles. The van der Waals surface area contributed by atoms with Gasteiger partial charge in [-0.15, -0.1) is 0 Å². The number of piperazine rings is 1. The van der Waals surface area contributed by atoms with Gasteiger partial charge in [0, 0.05) is 50.9 Å². The lowest BCUT2D eigenvalue weighted by Crippen LogP contribution is -2.50. The third-order valence-electron chi connectivity index (χ3n) is 6.96. The van der Waals surface area contributed by atoms with E-state index >= 15 is 0 Å². The predicted octanol–water partition coefficient (Wildman–Crippen LogP) is 3.69. The largest absolute Gasteiger partial charge is 0.494 e. The Morgan fingerprint density at radius 1 is 1.05 bits per heavy atom. The summed E-state index contributed by atoms with van der Waals surface area (Å²) in [5.41, 5.74) is 6.17. The number of aromatic nitrogens is 2. The molecule has 218 valence electrons. The molecular weight excluding hydrogens is 558 g/mol. The SMILES string of the molecule is COc1ccc(-c2cnc(C(=O)Nc3ccc(C(=O)N4CCN(C(=O)CCCCN)CC4)c(Cl)c3)n2C)c(F)c1F. The quantitative estimate of drug-likeness (QED) is 0.368. The number of nitrogens with two attached hydrogens (primary N) is 1. The van der Waals surface area contributed by atoms with Crippen molar-refractivity contribution in [2.24, 2.45) is 12.8 Å². The van der Waals surface area contributed by atoms with Crippen LogP contribution in [-0.2, 0) is 11.8 Å². The Balaban J connectivity index is 1.40. The summed E-state index contributed by atoms with van der Waals surface area (Å²) >= 11 is 6.41. The number of rotatable bonds is 9. The Hall–Kier alpha value is -4.03. The van der Waals surface area contributed by atoms with Gasteiger partial charge in [-0.25, -0.2) is 9.37 Å². The van der Waals surface area contributed by atoms with Crippen molar-refractivity contribution in [2.45, 2.75) is 19.3 Å². The number of amides is 3. The van der Waals surface area contributed by atoms with Crippen LogP contribution in [0.2, 0.25) is 5.02 Å². The minimum atomic E-state index is -1.14. The standard InChI is InChI=1S/C28H31ClF2N6O4/c1-35-21(19-8-9-22(41-2)25(31)24(19)30)16-33-26(35)27(39)34-17-6-7-18(20(29)15-17)28(40)37-13-11-36(12-14-37)23(38)5-3-4-10-32/h6-9,15-16H,3-5,10-14,32H2,1-2H3,(H,34,39). The van der Waals surface area contributed by atoms with E-state index in [0.29, 0.717) is 44.8 Å². The van der Waals surface area contributed by atoms with E-state index in [1.807, 2.05) is 0 Å². The zero-order valence-corrected chi connectivity index (χ0v) is 23.5. The van der Waals surface area contributed by atoms with Crippen molar-refractivity contribution < 1.29 is 27.9 Å². The van der Waals surface area contributed by atoms with E-state index in [2.05, 4.69) is 10.3 Å². The number of imidazole rings is 1. The fourth-order valence-corrected chi connectivity index (χ4v) is 4.88. The van der Waals surface area contributed by atoms with Gasteiger partial charge in [-0.05, 0) is 49.7 Å². The van der Waals surface area contributed by atoms with Gasteiger partial charge < -0.3 is 30.2 Å². The van der Waals surface area contributed by atoms with Gasteiger partial charge in [-0.2, -0.15) is 4.39 Å². The van der Waals surface area contributed by atoms with Crippen molar-refractivity contribution >= 4 is 35.0 Å². The topological polar surface area (TPSA) is 123 Å². The number of hydrogen-bond acceptors (Lipinski definition) is 6. The first-order chi connectivity index (χ1) is 19.7. The molecule has 1 fully saturated rings. The van der Waals surface area contributed by atoms with Crippen LogP contribution < -0.4 is 15.8 Å². The zero-order valence-electron chi connectivity index (χ0n) is 22.8. The summed E-state index contributed by atoms with van der Waals surface area (Å²) in [7, 11) is 2.73. The van der Waals surface area contributed by atoms with Crippen molar-refractivity contribution in [2.75, 3.05) is 45.2 Å². The molecule has 0 atom stereocenters. The monoisotopic (exact) mass is 588 g/mol. The summed E-state index contributed by atoms with van der Waals surface area (Å²) in [6.45, 7) is 2.21. The predicted molar refractivity (Wildman–Crippen MR) is 150 cm³/mol. The molecule has 10 nitrogen and oxygen atoms in total. The Kier molecular flexibility index (Phi) is 9.56. The summed E-state index contributed by atoms with van der Waals surface area (Å²) in [6.07, 6.45) is 3.25. The highest BCUT2D eigenvalue weighted by Crippen LogP contribution is 2.30. The Morgan fingerprint density at radius 2 is 1.76 bits per heavy atom. The normalized spacial score (nSPS) is 13.3. The van der Waals surface area contributed by atoms with Gasteiger partial charge in [-0.1, -0.05) is 11.6 Å². The van der Waals surface area contributed by atoms with E-state index in [1.165, 1.54) is 55.3 Å². The van der Waals surface area contributed by atoms with Gasteiger partial charge in [-0.3, -0.25) is 14.4 Å². The first kappa shape index (κ1) is 29.9. The molecule has 0 aliphatic carbocycles. The number of nitrogens with zero attached hydrogens (tertiary/aromatic N) is 4. The van der Waals surface area contributed by atoms with Crippen LogP contribution in [0, 0.1) is 11.6 Å². The van der Waals surface area contributed by atoms with Crippen LogP contribution >= 0.6 is 11.6 Å². The van der Waals surface area contributed by atoms with Crippen LogP contribution in [0.3, 0.4) is 0 Å². The molecule has 0 saturated carbocycles. The van der Waals surface area contributed by atoms with Gasteiger partial charge >= 0.3 is 0 Å². The van der Waals surface area contributed by atoms with E-state index in [1.54, 1.807) is 9.80 Å². The maximum atomic E-state index is 14.6. The molecule has 3 aromatic rings. The maximum Gasteiger partial charge on any atom is 0.291 e. The molecule has 2 heterocycles. The van der Waals surface area contributed by atoms with Crippen molar-refractivity contribution in [1.29, 1.82) is 0 Å². The molecule has 4 rings (SSSR count). The van der Waals surface area contributed by atoms with Crippen LogP contribution in [0.4, 0.5) is 14.5 Å². The van der Waals surface area contributed by atoms with Gasteiger partial charge in [0.25, 0.3) is 11.8 Å². The van der Waals surface area contributed by atoms with Gasteiger partial charge in [0.05, 0.1) is 29.6 Å². The molecular formula is C28H31ClF2N6O4. The van der Waals surface area contributed by atoms with E-state index in [0.717, 1.165) is 12.8 Å². The third-order valence-corrected chi connectivity index (χ3v) is 7.27. The summed E-state index contributed by atoms with van der Waals surface area (Å²) in [6, 6.07) is 7.13. The fraction of sp³-hybridized carbons (Fsp3) is 0.357. The number of carbonyl (C=O) groups excluding carboxylic acids is 3. The number of hydrogen-bond donors (Lipinski definition) is 2. The number of methoxy groups -OCH3 is 1. The molecule has 1 aromatic heterocycles. The number of unbranched alkanes of at least 4 members (excludes halogenated alkanes) is 1. The average Bonchev–Trinajstić information content (AvgIpc) is 3.35. The number of anilines is 1. The summed E-state index contributed by atoms with van der Waals surface area (Å²) in [5.74, 6) is -3.39. The number of halogens is 3.